The molecule has 6 nitrogen and oxygen atoms in total. The molecule has 0 saturated carbocycles. The topological polar surface area (TPSA) is 78.9 Å². The highest BCUT2D eigenvalue weighted by Gasteiger charge is 2.19. The van der Waals surface area contributed by atoms with Gasteiger partial charge in [0.15, 0.2) is 6.10 Å². The van der Waals surface area contributed by atoms with Crippen molar-refractivity contribution in [2.75, 3.05) is 13.2 Å². The van der Waals surface area contributed by atoms with Crippen molar-refractivity contribution >= 4 is 17.9 Å². The van der Waals surface area contributed by atoms with Gasteiger partial charge in [-0.1, -0.05) is 285 Å². The molecule has 0 radical (unpaired) electrons. The van der Waals surface area contributed by atoms with Gasteiger partial charge >= 0.3 is 17.9 Å². The van der Waals surface area contributed by atoms with E-state index in [-0.39, 0.29) is 31.1 Å². The molecule has 0 aromatic carbocycles. The van der Waals surface area contributed by atoms with Crippen LogP contribution in [0.4, 0.5) is 0 Å². The highest BCUT2D eigenvalue weighted by molar-refractivity contribution is 5.71. The molecule has 0 rings (SSSR count). The third kappa shape index (κ3) is 61.2. The first-order chi connectivity index (χ1) is 37.5. The predicted molar refractivity (Wildman–Crippen MR) is 330 cm³/mol. The second kappa shape index (κ2) is 63.9. The lowest BCUT2D eigenvalue weighted by Gasteiger charge is -2.18. The summed E-state index contributed by atoms with van der Waals surface area (Å²) in [5.41, 5.74) is 0. The number of esters is 3. The number of carbonyl (C=O) groups excluding carboxylic acids is 3. The Balaban J connectivity index is 4.30. The minimum atomic E-state index is -0.785. The summed E-state index contributed by atoms with van der Waals surface area (Å²) < 4.78 is 16.9. The molecule has 436 valence electrons. The van der Waals surface area contributed by atoms with Gasteiger partial charge in [0.25, 0.3) is 0 Å². The Labute approximate surface area is 470 Å². The molecular formula is C70H120O6. The van der Waals surface area contributed by atoms with Crippen molar-refractivity contribution in [1.82, 2.24) is 0 Å². The third-order valence-corrected chi connectivity index (χ3v) is 13.8. The number of hydrogen-bond donors (Lipinski definition) is 0. The molecule has 0 saturated heterocycles. The second-order valence-electron chi connectivity index (χ2n) is 21.3. The average molecular weight is 1060 g/mol. The van der Waals surface area contributed by atoms with E-state index >= 15 is 0 Å². The summed E-state index contributed by atoms with van der Waals surface area (Å²) in [5, 5.41) is 0. The predicted octanol–water partition coefficient (Wildman–Crippen LogP) is 22.0. The van der Waals surface area contributed by atoms with Crippen LogP contribution in [0.25, 0.3) is 0 Å². The van der Waals surface area contributed by atoms with Crippen LogP contribution in [0.15, 0.2) is 97.2 Å². The van der Waals surface area contributed by atoms with Gasteiger partial charge < -0.3 is 14.2 Å². The van der Waals surface area contributed by atoms with Crippen molar-refractivity contribution in [3.63, 3.8) is 0 Å². The molecule has 0 aliphatic heterocycles. The average Bonchev–Trinajstić information content (AvgIpc) is 3.42. The monoisotopic (exact) mass is 1060 g/mol. The fourth-order valence-corrected chi connectivity index (χ4v) is 9.01. The molecule has 0 aliphatic carbocycles. The number of carbonyl (C=O) groups is 3. The summed E-state index contributed by atoms with van der Waals surface area (Å²) in [6.45, 7) is 6.51. The molecule has 0 amide bonds. The zero-order chi connectivity index (χ0) is 55.0. The van der Waals surface area contributed by atoms with Gasteiger partial charge in [0.05, 0.1) is 0 Å². The summed E-state index contributed by atoms with van der Waals surface area (Å²) in [4.78, 5) is 38.3. The smallest absolute Gasteiger partial charge is 0.306 e. The van der Waals surface area contributed by atoms with Crippen LogP contribution in [0.5, 0.6) is 0 Å². The standard InChI is InChI=1S/C70H120O6/c1-4-7-10-13-16-19-22-25-27-29-30-31-32-33-34-35-36-37-38-39-40-42-43-45-48-51-54-57-60-63-69(72)75-66-67(65-74-68(71)62-59-56-53-50-47-24-21-18-15-12-9-6-3)76-70(73)64-61-58-55-52-49-46-44-41-28-26-23-20-17-14-11-8-5-2/h7,10,16,18-19,21,25,27,30-31,33-34,36-37,39-40,67H,4-6,8-9,11-15,17,20,22-24,26,28-29,32,35,38,41-66H2,1-3H3/b10-7-,19-16-,21-18-,27-25-,31-30-,34-33-,37-36-,40-39-. The van der Waals surface area contributed by atoms with Crippen LogP contribution < -0.4 is 0 Å². The highest BCUT2D eigenvalue weighted by Crippen LogP contribution is 2.16. The Hall–Kier alpha value is -3.67. The molecule has 0 aromatic rings. The van der Waals surface area contributed by atoms with E-state index in [9.17, 15) is 14.4 Å². The molecule has 0 bridgehead atoms. The lowest BCUT2D eigenvalue weighted by atomic mass is 10.0. The summed E-state index contributed by atoms with van der Waals surface area (Å²) in [6.07, 6.45) is 85.5. The zero-order valence-electron chi connectivity index (χ0n) is 50.0. The largest absolute Gasteiger partial charge is 0.462 e. The van der Waals surface area contributed by atoms with E-state index < -0.39 is 6.10 Å². The molecule has 76 heavy (non-hydrogen) atoms. The van der Waals surface area contributed by atoms with Crippen LogP contribution in [-0.2, 0) is 28.6 Å². The van der Waals surface area contributed by atoms with Crippen LogP contribution in [0.1, 0.15) is 310 Å². The van der Waals surface area contributed by atoms with Crippen LogP contribution >= 0.6 is 0 Å². The summed E-state index contributed by atoms with van der Waals surface area (Å²) in [5.74, 6) is -0.891. The quantitative estimate of drug-likeness (QED) is 0.0261. The number of hydrogen-bond acceptors (Lipinski definition) is 6. The Morgan fingerprint density at radius 1 is 0.276 bits per heavy atom. The van der Waals surface area contributed by atoms with Crippen molar-refractivity contribution < 1.29 is 28.6 Å². The first-order valence-corrected chi connectivity index (χ1v) is 32.2. The van der Waals surface area contributed by atoms with Gasteiger partial charge in [-0.25, -0.2) is 0 Å². The molecule has 0 aromatic heterocycles. The van der Waals surface area contributed by atoms with Gasteiger partial charge in [-0.15, -0.1) is 0 Å². The SMILES string of the molecule is CC/C=C\C/C=C\C/C=C\C/C=C\C/C=C\C/C=C\C/C=C\CCCCCCCCCC(=O)OCC(COC(=O)CCCCCCC/C=C\CCCCC)OC(=O)CCCCCCCCCCCCCCCCCCC. The van der Waals surface area contributed by atoms with Gasteiger partial charge in [-0.2, -0.15) is 0 Å². The molecule has 0 spiro atoms. The van der Waals surface area contributed by atoms with E-state index in [0.717, 1.165) is 116 Å². The van der Waals surface area contributed by atoms with E-state index in [1.54, 1.807) is 0 Å². The number of ether oxygens (including phenoxy) is 3. The summed E-state index contributed by atoms with van der Waals surface area (Å²) in [7, 11) is 0. The molecule has 6 heteroatoms. The zero-order valence-corrected chi connectivity index (χ0v) is 50.0. The maximum Gasteiger partial charge on any atom is 0.306 e. The normalized spacial score (nSPS) is 12.7. The van der Waals surface area contributed by atoms with Crippen molar-refractivity contribution in [1.29, 1.82) is 0 Å². The highest BCUT2D eigenvalue weighted by atomic mass is 16.6. The van der Waals surface area contributed by atoms with Crippen LogP contribution in [0.3, 0.4) is 0 Å². The van der Waals surface area contributed by atoms with E-state index in [1.165, 1.54) is 154 Å². The first kappa shape index (κ1) is 72.3. The van der Waals surface area contributed by atoms with Gasteiger partial charge in [0.1, 0.15) is 13.2 Å². The van der Waals surface area contributed by atoms with Gasteiger partial charge in [0, 0.05) is 19.3 Å². The Bertz CT molecular complexity index is 1490. The maximum atomic E-state index is 12.9. The molecule has 0 aliphatic rings. The van der Waals surface area contributed by atoms with Crippen LogP contribution in [0.2, 0.25) is 0 Å². The van der Waals surface area contributed by atoms with Crippen molar-refractivity contribution in [3.8, 4) is 0 Å². The third-order valence-electron chi connectivity index (χ3n) is 13.8. The van der Waals surface area contributed by atoms with Crippen molar-refractivity contribution in [2.24, 2.45) is 0 Å². The van der Waals surface area contributed by atoms with Crippen molar-refractivity contribution in [2.45, 2.75) is 316 Å². The summed E-state index contributed by atoms with van der Waals surface area (Å²) in [6, 6.07) is 0. The van der Waals surface area contributed by atoms with Gasteiger partial charge in [-0.05, 0) is 103 Å². The molecule has 1 unspecified atom stereocenters. The van der Waals surface area contributed by atoms with E-state index in [2.05, 4.69) is 118 Å². The van der Waals surface area contributed by atoms with Crippen LogP contribution in [0, 0.1) is 0 Å². The number of unbranched alkanes of at least 4 members (excludes halogenated alkanes) is 31. The Kier molecular flexibility index (Phi) is 60.8. The first-order valence-electron chi connectivity index (χ1n) is 32.2. The van der Waals surface area contributed by atoms with E-state index in [0.29, 0.717) is 19.3 Å². The molecule has 0 fully saturated rings. The number of allylic oxidation sites excluding steroid dienone is 16. The van der Waals surface area contributed by atoms with Gasteiger partial charge in [-0.3, -0.25) is 14.4 Å². The molecule has 1 atom stereocenters. The second-order valence-corrected chi connectivity index (χ2v) is 21.3. The lowest BCUT2D eigenvalue weighted by Crippen LogP contribution is -2.30. The Morgan fingerprint density at radius 3 is 0.842 bits per heavy atom. The fourth-order valence-electron chi connectivity index (χ4n) is 9.01. The van der Waals surface area contributed by atoms with E-state index in [4.69, 9.17) is 14.2 Å². The lowest BCUT2D eigenvalue weighted by molar-refractivity contribution is -0.167. The minimum Gasteiger partial charge on any atom is -0.462 e. The fraction of sp³-hybridized carbons (Fsp3) is 0.729. The maximum absolute atomic E-state index is 12.9. The van der Waals surface area contributed by atoms with E-state index in [1.807, 2.05) is 0 Å². The van der Waals surface area contributed by atoms with Crippen molar-refractivity contribution in [3.05, 3.63) is 97.2 Å². The Morgan fingerprint density at radius 2 is 0.513 bits per heavy atom. The molecule has 0 N–H and O–H groups in total. The number of rotatable bonds is 58. The van der Waals surface area contributed by atoms with Crippen LogP contribution in [-0.4, -0.2) is 37.2 Å². The molecule has 0 heterocycles. The summed E-state index contributed by atoms with van der Waals surface area (Å²) >= 11 is 0. The minimum absolute atomic E-state index is 0.0826. The molecular weight excluding hydrogens is 937 g/mol. The van der Waals surface area contributed by atoms with Gasteiger partial charge in [0.2, 0.25) is 0 Å².